The number of piperidine rings is 1. The van der Waals surface area contributed by atoms with Crippen molar-refractivity contribution in [3.05, 3.63) is 35.2 Å². The lowest BCUT2D eigenvalue weighted by Crippen LogP contribution is -2.52. The van der Waals surface area contributed by atoms with Crippen molar-refractivity contribution < 1.29 is 22.7 Å². The molecule has 0 aliphatic carbocycles. The number of halogens is 4. The zero-order valence-electron chi connectivity index (χ0n) is 25.5. The maximum Gasteiger partial charge on any atom is 0.411 e. The summed E-state index contributed by atoms with van der Waals surface area (Å²) in [7, 11) is -1.96. The second-order valence-corrected chi connectivity index (χ2v) is 13.6. The summed E-state index contributed by atoms with van der Waals surface area (Å²) >= 11 is 6.65. The van der Waals surface area contributed by atoms with Gasteiger partial charge in [0.05, 0.1) is 19.4 Å². The summed E-state index contributed by atoms with van der Waals surface area (Å²) in [6, 6.07) is 6.72. The highest BCUT2D eigenvalue weighted by atomic mass is 35.5. The molecule has 0 spiro atoms. The molecule has 46 heavy (non-hydrogen) atoms. The van der Waals surface area contributed by atoms with Crippen LogP contribution in [-0.2, 0) is 19.6 Å². The average Bonchev–Trinajstić information content (AvgIpc) is 3.61. The van der Waals surface area contributed by atoms with Gasteiger partial charge in [-0.1, -0.05) is 23.7 Å². The molecule has 0 unspecified atom stereocenters. The number of H-pyrrole nitrogens is 1. The van der Waals surface area contributed by atoms with Gasteiger partial charge in [0.15, 0.2) is 5.96 Å². The number of aromatic nitrogens is 2. The third-order valence-corrected chi connectivity index (χ3v) is 10.2. The fourth-order valence-electron chi connectivity index (χ4n) is 6.18. The minimum absolute atomic E-state index is 0. The van der Waals surface area contributed by atoms with Gasteiger partial charge in [-0.05, 0) is 31.4 Å². The summed E-state index contributed by atoms with van der Waals surface area (Å²) in [4.78, 5) is 39.5. The molecule has 258 valence electrons. The molecule has 3 aliphatic rings. The van der Waals surface area contributed by atoms with Crippen molar-refractivity contribution in [3.8, 4) is 11.3 Å². The minimum atomic E-state index is -3.26. The zero-order chi connectivity index (χ0) is 30.9. The molecule has 5 rings (SSSR count). The number of hydrogen-bond donors (Lipinski definition) is 4. The van der Waals surface area contributed by atoms with E-state index in [9.17, 15) is 18.0 Å². The topological polar surface area (TPSA) is 181 Å². The van der Waals surface area contributed by atoms with Gasteiger partial charge in [-0.15, -0.1) is 37.2 Å². The lowest BCUT2D eigenvalue weighted by atomic mass is 9.95. The second-order valence-electron chi connectivity index (χ2n) is 11.2. The Balaban J connectivity index is 0.00000245. The van der Waals surface area contributed by atoms with Gasteiger partial charge in [0.1, 0.15) is 16.7 Å². The minimum Gasteiger partial charge on any atom is -0.453 e. The SMILES string of the molecule is COC(=O)Nc1ccc(-c2nc([C@@H]3C[C@H](N4CCN(S(C)(=O)=O)CC4)CN3C(=O)C3CCN(C(=N)N)CC3)[nH]c2Cl)cc1.Cl.Cl.Cl. The number of rotatable bonds is 6. The van der Waals surface area contributed by atoms with Crippen molar-refractivity contribution in [1.82, 2.24) is 29.0 Å². The van der Waals surface area contributed by atoms with Crippen LogP contribution in [0.5, 0.6) is 0 Å². The Bertz CT molecular complexity index is 1460. The molecule has 5 N–H and O–H groups in total. The molecule has 4 heterocycles. The predicted octanol–water partition coefficient (Wildman–Crippen LogP) is 3.00. The number of ether oxygens (including phenoxy) is 1. The highest BCUT2D eigenvalue weighted by Crippen LogP contribution is 2.38. The smallest absolute Gasteiger partial charge is 0.411 e. The highest BCUT2D eigenvalue weighted by Gasteiger charge is 2.43. The van der Waals surface area contributed by atoms with E-state index in [2.05, 4.69) is 19.9 Å². The van der Waals surface area contributed by atoms with Crippen LogP contribution in [0, 0.1) is 11.3 Å². The largest absolute Gasteiger partial charge is 0.453 e. The molecule has 0 saturated carbocycles. The Labute approximate surface area is 292 Å². The molecule has 19 heteroatoms. The van der Waals surface area contributed by atoms with Gasteiger partial charge in [-0.2, -0.15) is 4.31 Å². The van der Waals surface area contributed by atoms with Gasteiger partial charge >= 0.3 is 6.09 Å². The van der Waals surface area contributed by atoms with Crippen LogP contribution in [0.25, 0.3) is 11.3 Å². The Morgan fingerprint density at radius 1 is 1.07 bits per heavy atom. The first-order valence-corrected chi connectivity index (χ1v) is 16.5. The fraction of sp³-hybridized carbons (Fsp3) is 0.556. The standard InChI is InChI=1S/C27H38ClN9O5S.3ClH/c1-42-27(39)31-19-5-3-17(4-6-19)22-23(28)33-24(32-22)21-15-20(34-11-13-36(14-12-34)43(2,40)41)16-37(21)25(38)18-7-9-35(10-8-18)26(29)30;;;/h3-6,18,20-21H,7-16H2,1-2H3,(H3,29,30)(H,31,39)(H,32,33);3*1H/t20-,21-;;;/m0.../s1. The number of likely N-dealkylation sites (tertiary alicyclic amines) is 2. The lowest BCUT2D eigenvalue weighted by Gasteiger charge is -2.37. The normalized spacial score (nSPS) is 21.0. The van der Waals surface area contributed by atoms with Crippen LogP contribution in [0.4, 0.5) is 10.5 Å². The molecule has 1 aromatic heterocycles. The molecule has 3 fully saturated rings. The van der Waals surface area contributed by atoms with Crippen LogP contribution in [0.3, 0.4) is 0 Å². The second kappa shape index (κ2) is 16.5. The van der Waals surface area contributed by atoms with Crippen molar-refractivity contribution in [1.29, 1.82) is 5.41 Å². The molecule has 0 bridgehead atoms. The first-order chi connectivity index (χ1) is 20.4. The summed E-state index contributed by atoms with van der Waals surface area (Å²) < 4.78 is 30.2. The van der Waals surface area contributed by atoms with Gasteiger partial charge in [0, 0.05) is 69.0 Å². The molecule has 14 nitrogen and oxygen atoms in total. The highest BCUT2D eigenvalue weighted by molar-refractivity contribution is 7.88. The molecule has 0 radical (unpaired) electrons. The quantitative estimate of drug-likeness (QED) is 0.256. The monoisotopic (exact) mass is 743 g/mol. The van der Waals surface area contributed by atoms with Crippen LogP contribution < -0.4 is 11.1 Å². The van der Waals surface area contributed by atoms with Crippen molar-refractivity contribution in [2.24, 2.45) is 11.7 Å². The van der Waals surface area contributed by atoms with E-state index in [-0.39, 0.29) is 67.1 Å². The molecule has 1 aromatic carbocycles. The van der Waals surface area contributed by atoms with E-state index in [1.807, 2.05) is 4.90 Å². The van der Waals surface area contributed by atoms with E-state index in [1.165, 1.54) is 17.7 Å². The molecule has 3 aliphatic heterocycles. The van der Waals surface area contributed by atoms with Crippen LogP contribution in [0.1, 0.15) is 31.1 Å². The molecule has 2 atom stereocenters. The number of anilines is 1. The van der Waals surface area contributed by atoms with E-state index in [0.29, 0.717) is 87.4 Å². The van der Waals surface area contributed by atoms with E-state index < -0.39 is 16.1 Å². The predicted molar refractivity (Wildman–Crippen MR) is 184 cm³/mol. The number of carbonyl (C=O) groups is 2. The van der Waals surface area contributed by atoms with Crippen LogP contribution in [0.2, 0.25) is 5.15 Å². The molecular formula is C27H41Cl4N9O5S. The van der Waals surface area contributed by atoms with E-state index in [1.54, 1.807) is 29.2 Å². The third kappa shape index (κ3) is 8.88. The van der Waals surface area contributed by atoms with Gasteiger partial charge in [0.2, 0.25) is 15.9 Å². The first kappa shape index (κ1) is 39.6. The first-order valence-electron chi connectivity index (χ1n) is 14.2. The number of piperazine rings is 1. The summed E-state index contributed by atoms with van der Waals surface area (Å²) in [5.74, 6) is 0.449. The van der Waals surface area contributed by atoms with Gasteiger partial charge in [-0.25, -0.2) is 18.2 Å². The van der Waals surface area contributed by atoms with Crippen molar-refractivity contribution in [2.45, 2.75) is 31.3 Å². The number of aromatic amines is 1. The van der Waals surface area contributed by atoms with Gasteiger partial charge in [0.25, 0.3) is 0 Å². The maximum atomic E-state index is 14.0. The zero-order valence-corrected chi connectivity index (χ0v) is 29.5. The number of hydrogen-bond acceptors (Lipinski definition) is 8. The number of nitrogens with one attached hydrogen (secondary N) is 3. The average molecular weight is 746 g/mol. The van der Waals surface area contributed by atoms with Crippen molar-refractivity contribution >= 4 is 82.5 Å². The Kier molecular flexibility index (Phi) is 14.2. The van der Waals surface area contributed by atoms with E-state index in [4.69, 9.17) is 27.7 Å². The summed E-state index contributed by atoms with van der Waals surface area (Å²) in [6.07, 6.45) is 2.50. The van der Waals surface area contributed by atoms with Crippen molar-refractivity contribution in [3.63, 3.8) is 0 Å². The number of amides is 2. The molecular weight excluding hydrogens is 704 g/mol. The number of methoxy groups -OCH3 is 1. The number of imidazole rings is 1. The van der Waals surface area contributed by atoms with E-state index >= 15 is 0 Å². The number of guanidine groups is 1. The number of sulfonamides is 1. The number of nitrogens with two attached hydrogens (primary N) is 1. The lowest BCUT2D eigenvalue weighted by molar-refractivity contribution is -0.138. The van der Waals surface area contributed by atoms with Crippen LogP contribution in [-0.4, -0.2) is 121 Å². The van der Waals surface area contributed by atoms with Crippen molar-refractivity contribution in [2.75, 3.05) is 64.5 Å². The summed E-state index contributed by atoms with van der Waals surface area (Å²) in [5.41, 5.74) is 7.50. The third-order valence-electron chi connectivity index (χ3n) is 8.59. The molecule has 3 saturated heterocycles. The molecule has 2 aromatic rings. The summed E-state index contributed by atoms with van der Waals surface area (Å²) in [5, 5.41) is 10.7. The fourth-order valence-corrected chi connectivity index (χ4v) is 7.26. The summed E-state index contributed by atoms with van der Waals surface area (Å²) in [6.45, 7) is 3.59. The van der Waals surface area contributed by atoms with Gasteiger partial charge < -0.3 is 25.3 Å². The van der Waals surface area contributed by atoms with Gasteiger partial charge in [-0.3, -0.25) is 20.4 Å². The Morgan fingerprint density at radius 2 is 1.67 bits per heavy atom. The number of carbonyl (C=O) groups excluding carboxylic acids is 2. The number of nitrogens with zero attached hydrogens (tertiary/aromatic N) is 5. The Morgan fingerprint density at radius 3 is 2.22 bits per heavy atom. The number of benzene rings is 1. The van der Waals surface area contributed by atoms with E-state index in [0.717, 1.165) is 5.56 Å². The van der Waals surface area contributed by atoms with Crippen LogP contribution >= 0.6 is 48.8 Å². The molecule has 2 amide bonds. The van der Waals surface area contributed by atoms with Crippen LogP contribution in [0.15, 0.2) is 24.3 Å². The Hall–Kier alpha value is -2.53. The maximum absolute atomic E-state index is 14.0.